The van der Waals surface area contributed by atoms with E-state index < -0.39 is 16.1 Å². The minimum absolute atomic E-state index is 0.0828. The number of para-hydroxylation sites is 1. The van der Waals surface area contributed by atoms with E-state index in [0.29, 0.717) is 18.8 Å². The number of nitrogens with one attached hydrogen (secondary N) is 2. The summed E-state index contributed by atoms with van der Waals surface area (Å²) >= 11 is 0. The van der Waals surface area contributed by atoms with Crippen LogP contribution in [0.5, 0.6) is 0 Å². The zero-order valence-corrected chi connectivity index (χ0v) is 14.2. The van der Waals surface area contributed by atoms with E-state index in [4.69, 9.17) is 4.74 Å². The number of benzene rings is 1. The van der Waals surface area contributed by atoms with Crippen molar-refractivity contribution in [2.24, 2.45) is 0 Å². The second-order valence-corrected chi connectivity index (χ2v) is 7.36. The number of sulfonamides is 1. The van der Waals surface area contributed by atoms with Gasteiger partial charge in [0, 0.05) is 18.7 Å². The van der Waals surface area contributed by atoms with Crippen LogP contribution in [0.4, 0.5) is 5.69 Å². The zero-order chi connectivity index (χ0) is 17.6. The summed E-state index contributed by atoms with van der Waals surface area (Å²) in [4.78, 5) is 25.8. The van der Waals surface area contributed by atoms with Crippen LogP contribution in [-0.2, 0) is 24.3 Å². The number of hydrogen-bond donors (Lipinski definition) is 2. The van der Waals surface area contributed by atoms with Crippen molar-refractivity contribution in [3.8, 4) is 0 Å². The summed E-state index contributed by atoms with van der Waals surface area (Å²) in [6, 6.07) is 8.59. The minimum atomic E-state index is -3.45. The van der Waals surface area contributed by atoms with Crippen molar-refractivity contribution in [1.29, 1.82) is 0 Å². The third kappa shape index (κ3) is 5.91. The largest absolute Gasteiger partial charge is 0.377 e. The van der Waals surface area contributed by atoms with Gasteiger partial charge in [-0.15, -0.1) is 0 Å². The van der Waals surface area contributed by atoms with Crippen LogP contribution in [0.1, 0.15) is 6.42 Å². The van der Waals surface area contributed by atoms with Crippen molar-refractivity contribution in [1.82, 2.24) is 9.62 Å². The van der Waals surface area contributed by atoms with Crippen molar-refractivity contribution in [2.45, 2.75) is 12.5 Å². The molecule has 1 atom stereocenters. The second-order valence-electron chi connectivity index (χ2n) is 5.53. The lowest BCUT2D eigenvalue weighted by Gasteiger charge is -2.35. The molecule has 2 N–H and O–H groups in total. The normalized spacial score (nSPS) is 18.2. The van der Waals surface area contributed by atoms with Crippen LogP contribution in [0.25, 0.3) is 0 Å². The maximum atomic E-state index is 12.2. The quantitative estimate of drug-likeness (QED) is 0.735. The lowest BCUT2D eigenvalue weighted by atomic mass is 10.1. The lowest BCUT2D eigenvalue weighted by Crippen LogP contribution is -2.52. The fraction of sp³-hybridized carbons (Fsp3) is 0.467. The predicted octanol–water partition coefficient (Wildman–Crippen LogP) is -0.208. The second kappa shape index (κ2) is 8.22. The van der Waals surface area contributed by atoms with E-state index in [9.17, 15) is 18.0 Å². The van der Waals surface area contributed by atoms with Crippen molar-refractivity contribution < 1.29 is 22.7 Å². The minimum Gasteiger partial charge on any atom is -0.377 e. The van der Waals surface area contributed by atoms with Crippen LogP contribution in [0.3, 0.4) is 0 Å². The van der Waals surface area contributed by atoms with Gasteiger partial charge in [0.1, 0.15) is 0 Å². The average molecular weight is 355 g/mol. The first kappa shape index (κ1) is 18.4. The number of ether oxygens (including phenoxy) is 1. The molecule has 1 unspecified atom stereocenters. The molecule has 1 aliphatic heterocycles. The van der Waals surface area contributed by atoms with Crippen LogP contribution >= 0.6 is 0 Å². The fourth-order valence-corrected chi connectivity index (χ4v) is 2.78. The first-order valence-corrected chi connectivity index (χ1v) is 9.41. The van der Waals surface area contributed by atoms with Gasteiger partial charge >= 0.3 is 0 Å². The summed E-state index contributed by atoms with van der Waals surface area (Å²) < 4.78 is 29.7. The van der Waals surface area contributed by atoms with Gasteiger partial charge in [-0.2, -0.15) is 0 Å². The number of nitrogens with zero attached hydrogens (tertiary/aromatic N) is 1. The molecule has 1 heterocycles. The third-order valence-electron chi connectivity index (χ3n) is 3.51. The Bertz CT molecular complexity index is 678. The molecule has 1 fully saturated rings. The Balaban J connectivity index is 1.93. The highest BCUT2D eigenvalue weighted by Gasteiger charge is 2.29. The molecule has 2 amide bonds. The molecular weight excluding hydrogens is 334 g/mol. The van der Waals surface area contributed by atoms with E-state index in [1.54, 1.807) is 12.1 Å². The summed E-state index contributed by atoms with van der Waals surface area (Å²) in [5.41, 5.74) is 0.677. The van der Waals surface area contributed by atoms with Gasteiger partial charge in [0.2, 0.25) is 21.8 Å². The zero-order valence-electron chi connectivity index (χ0n) is 13.4. The van der Waals surface area contributed by atoms with Gasteiger partial charge in [-0.1, -0.05) is 18.2 Å². The Morgan fingerprint density at radius 1 is 1.29 bits per heavy atom. The summed E-state index contributed by atoms with van der Waals surface area (Å²) in [7, 11) is -3.45. The van der Waals surface area contributed by atoms with Gasteiger partial charge in [-0.05, 0) is 12.1 Å². The van der Waals surface area contributed by atoms with Gasteiger partial charge < -0.3 is 15.0 Å². The van der Waals surface area contributed by atoms with Gasteiger partial charge in [0.25, 0.3) is 0 Å². The Kier molecular flexibility index (Phi) is 6.29. The van der Waals surface area contributed by atoms with Crippen molar-refractivity contribution in [3.63, 3.8) is 0 Å². The number of rotatable bonds is 6. The summed E-state index contributed by atoms with van der Waals surface area (Å²) in [6.07, 6.45) is 1.07. The van der Waals surface area contributed by atoms with Crippen LogP contribution in [0, 0.1) is 0 Å². The Hall–Kier alpha value is -1.97. The van der Waals surface area contributed by atoms with Crippen LogP contribution in [0.2, 0.25) is 0 Å². The fourth-order valence-electron chi connectivity index (χ4n) is 2.39. The lowest BCUT2D eigenvalue weighted by molar-refractivity contribution is -0.139. The van der Waals surface area contributed by atoms with Gasteiger partial charge in [0.15, 0.2) is 0 Å². The van der Waals surface area contributed by atoms with E-state index in [1.165, 1.54) is 4.90 Å². The number of anilines is 1. The number of carbonyl (C=O) groups is 2. The highest BCUT2D eigenvalue weighted by atomic mass is 32.2. The third-order valence-corrected chi connectivity index (χ3v) is 4.18. The number of morpholine rings is 1. The maximum absolute atomic E-state index is 12.2. The molecule has 9 heteroatoms. The molecule has 0 radical (unpaired) electrons. The molecule has 2 rings (SSSR count). The first-order valence-electron chi connectivity index (χ1n) is 7.52. The number of amides is 2. The van der Waals surface area contributed by atoms with E-state index in [-0.39, 0.29) is 31.4 Å². The monoisotopic (exact) mass is 355 g/mol. The molecular formula is C15H21N3O5S. The molecule has 1 aromatic carbocycles. The molecule has 1 aromatic rings. The molecule has 1 aliphatic rings. The smallest absolute Gasteiger partial charge is 0.238 e. The van der Waals surface area contributed by atoms with Crippen molar-refractivity contribution >= 4 is 27.5 Å². The number of carbonyl (C=O) groups excluding carboxylic acids is 2. The van der Waals surface area contributed by atoms with E-state index in [2.05, 4.69) is 10.0 Å². The van der Waals surface area contributed by atoms with E-state index >= 15 is 0 Å². The summed E-state index contributed by atoms with van der Waals surface area (Å²) in [5, 5.41) is 2.76. The molecule has 24 heavy (non-hydrogen) atoms. The van der Waals surface area contributed by atoms with Crippen LogP contribution in [-0.4, -0.2) is 63.7 Å². The standard InChI is InChI=1S/C15H21N3O5S/c1-24(21,22)16-10-15(20)18-7-8-23-11-13(18)9-14(19)17-12-5-3-2-4-6-12/h2-6,13,16H,7-11H2,1H3,(H,17,19). The molecule has 132 valence electrons. The van der Waals surface area contributed by atoms with E-state index in [1.807, 2.05) is 18.2 Å². The van der Waals surface area contributed by atoms with Crippen LogP contribution in [0.15, 0.2) is 30.3 Å². The SMILES string of the molecule is CS(=O)(=O)NCC(=O)N1CCOCC1CC(=O)Nc1ccccc1. The van der Waals surface area contributed by atoms with Gasteiger partial charge in [0.05, 0.1) is 32.1 Å². The Labute approximate surface area is 141 Å². The first-order chi connectivity index (χ1) is 11.3. The molecule has 0 aromatic heterocycles. The molecule has 0 spiro atoms. The topological polar surface area (TPSA) is 105 Å². The van der Waals surface area contributed by atoms with E-state index in [0.717, 1.165) is 6.26 Å². The molecule has 0 bridgehead atoms. The molecule has 0 aliphatic carbocycles. The molecule has 1 saturated heterocycles. The molecule has 0 saturated carbocycles. The Morgan fingerprint density at radius 2 is 2.00 bits per heavy atom. The van der Waals surface area contributed by atoms with Gasteiger partial charge in [-0.25, -0.2) is 13.1 Å². The van der Waals surface area contributed by atoms with Gasteiger partial charge in [-0.3, -0.25) is 9.59 Å². The summed E-state index contributed by atoms with van der Waals surface area (Å²) in [6.45, 7) is 0.609. The van der Waals surface area contributed by atoms with Crippen LogP contribution < -0.4 is 10.0 Å². The summed E-state index contributed by atoms with van der Waals surface area (Å²) in [5.74, 6) is -0.605. The predicted molar refractivity (Wildman–Crippen MR) is 88.9 cm³/mol. The highest BCUT2D eigenvalue weighted by Crippen LogP contribution is 2.13. The Morgan fingerprint density at radius 3 is 2.67 bits per heavy atom. The highest BCUT2D eigenvalue weighted by molar-refractivity contribution is 7.88. The van der Waals surface area contributed by atoms with Crippen molar-refractivity contribution in [3.05, 3.63) is 30.3 Å². The number of hydrogen-bond acceptors (Lipinski definition) is 5. The van der Waals surface area contributed by atoms with Crippen molar-refractivity contribution in [2.75, 3.05) is 37.9 Å². The maximum Gasteiger partial charge on any atom is 0.238 e. The molecule has 8 nitrogen and oxygen atoms in total. The average Bonchev–Trinajstić information content (AvgIpc) is 2.53.